The van der Waals surface area contributed by atoms with Crippen molar-refractivity contribution in [1.29, 1.82) is 0 Å². The highest BCUT2D eigenvalue weighted by molar-refractivity contribution is 5.96. The molecule has 7 nitrogen and oxygen atoms in total. The standard InChI is InChI=1S/C24H23N3O4/c1-3-5-11-21-25-27(22(28)8-4-2)24(31)26(21)16-17-12-14-18(15-13-17)19-9-6-7-10-20(19)23(29)30/h6-7,9-10,12-15H,3-4,8,16H2,1-2H3,(H,29,30). The maximum absolute atomic E-state index is 12.8. The summed E-state index contributed by atoms with van der Waals surface area (Å²) in [7, 11) is 0. The summed E-state index contributed by atoms with van der Waals surface area (Å²) < 4.78 is 2.27. The van der Waals surface area contributed by atoms with Gasteiger partial charge in [0.05, 0.1) is 12.1 Å². The Morgan fingerprint density at radius 1 is 1.06 bits per heavy atom. The Labute approximate surface area is 180 Å². The molecule has 1 N–H and O–H groups in total. The second kappa shape index (κ2) is 9.72. The molecule has 0 bridgehead atoms. The molecule has 0 atom stereocenters. The summed E-state index contributed by atoms with van der Waals surface area (Å²) >= 11 is 0. The van der Waals surface area contributed by atoms with Gasteiger partial charge in [0.1, 0.15) is 0 Å². The molecule has 0 aliphatic rings. The Morgan fingerprint density at radius 3 is 2.42 bits per heavy atom. The van der Waals surface area contributed by atoms with E-state index < -0.39 is 11.7 Å². The third-order valence-corrected chi connectivity index (χ3v) is 4.70. The van der Waals surface area contributed by atoms with Crippen LogP contribution in [0, 0.1) is 11.8 Å². The minimum Gasteiger partial charge on any atom is -0.478 e. The highest BCUT2D eigenvalue weighted by Gasteiger charge is 2.17. The van der Waals surface area contributed by atoms with Gasteiger partial charge in [-0.25, -0.2) is 9.59 Å². The normalized spacial score (nSPS) is 10.4. The van der Waals surface area contributed by atoms with Crippen molar-refractivity contribution in [3.8, 4) is 23.0 Å². The number of benzene rings is 2. The summed E-state index contributed by atoms with van der Waals surface area (Å²) in [5, 5.41) is 13.5. The minimum atomic E-state index is -0.991. The Balaban J connectivity index is 1.95. The largest absolute Gasteiger partial charge is 0.478 e. The summed E-state index contributed by atoms with van der Waals surface area (Å²) in [6.07, 6.45) is 1.45. The fraction of sp³-hybridized carbons (Fsp3) is 0.250. The first kappa shape index (κ1) is 21.8. The van der Waals surface area contributed by atoms with E-state index in [-0.39, 0.29) is 30.3 Å². The minimum absolute atomic E-state index is 0.201. The van der Waals surface area contributed by atoms with Gasteiger partial charge < -0.3 is 5.11 Å². The first-order valence-corrected chi connectivity index (χ1v) is 10.1. The van der Waals surface area contributed by atoms with Crippen LogP contribution in [0.3, 0.4) is 0 Å². The number of carboxylic acid groups (broad SMARTS) is 1. The predicted octanol–water partition coefficient (Wildman–Crippen LogP) is 3.66. The van der Waals surface area contributed by atoms with Gasteiger partial charge in [-0.15, -0.1) is 9.78 Å². The summed E-state index contributed by atoms with van der Waals surface area (Å²) in [5.41, 5.74) is 1.89. The van der Waals surface area contributed by atoms with E-state index >= 15 is 0 Å². The number of aromatic nitrogens is 3. The SMILES string of the molecule is CCC#Cc1nn(C(=O)CCC)c(=O)n1Cc1ccc(-c2ccccc2C(=O)O)cc1. The Bertz CT molecular complexity index is 1220. The zero-order chi connectivity index (χ0) is 22.4. The second-order valence-electron chi connectivity index (χ2n) is 6.95. The van der Waals surface area contributed by atoms with Gasteiger partial charge in [0.15, 0.2) is 0 Å². The van der Waals surface area contributed by atoms with Gasteiger partial charge >= 0.3 is 11.7 Å². The summed E-state index contributed by atoms with van der Waals surface area (Å²) in [6.45, 7) is 3.96. The molecular weight excluding hydrogens is 394 g/mol. The van der Waals surface area contributed by atoms with Gasteiger partial charge in [-0.2, -0.15) is 0 Å². The van der Waals surface area contributed by atoms with Crippen molar-refractivity contribution in [3.63, 3.8) is 0 Å². The number of carbonyl (C=O) groups is 2. The topological polar surface area (TPSA) is 94.2 Å². The van der Waals surface area contributed by atoms with Gasteiger partial charge in [0.2, 0.25) is 5.82 Å². The molecule has 0 radical (unpaired) electrons. The molecule has 3 aromatic rings. The highest BCUT2D eigenvalue weighted by atomic mass is 16.4. The predicted molar refractivity (Wildman–Crippen MR) is 117 cm³/mol. The van der Waals surface area contributed by atoms with Gasteiger partial charge in [-0.05, 0) is 35.1 Å². The average Bonchev–Trinajstić information content (AvgIpc) is 3.08. The molecule has 0 aliphatic heterocycles. The lowest BCUT2D eigenvalue weighted by Gasteiger charge is -2.08. The molecule has 158 valence electrons. The molecule has 0 spiro atoms. The maximum atomic E-state index is 12.8. The van der Waals surface area contributed by atoms with Crippen LogP contribution in [0.4, 0.5) is 0 Å². The number of carboxylic acids is 1. The molecule has 7 heteroatoms. The van der Waals surface area contributed by atoms with Crippen molar-refractivity contribution >= 4 is 11.9 Å². The van der Waals surface area contributed by atoms with Gasteiger partial charge in [0.25, 0.3) is 5.91 Å². The molecule has 0 unspecified atom stereocenters. The van der Waals surface area contributed by atoms with Crippen LogP contribution >= 0.6 is 0 Å². The van der Waals surface area contributed by atoms with Crippen LogP contribution in [-0.2, 0) is 6.54 Å². The first-order valence-electron chi connectivity index (χ1n) is 10.1. The van der Waals surface area contributed by atoms with Crippen LogP contribution in [0.25, 0.3) is 11.1 Å². The van der Waals surface area contributed by atoms with Crippen LogP contribution < -0.4 is 5.69 Å². The average molecular weight is 417 g/mol. The molecule has 0 amide bonds. The van der Waals surface area contributed by atoms with Crippen LogP contribution in [0.2, 0.25) is 0 Å². The first-order chi connectivity index (χ1) is 15.0. The molecule has 0 saturated heterocycles. The fourth-order valence-electron chi connectivity index (χ4n) is 3.17. The monoisotopic (exact) mass is 417 g/mol. The lowest BCUT2D eigenvalue weighted by Crippen LogP contribution is -2.30. The maximum Gasteiger partial charge on any atom is 0.354 e. The van der Waals surface area contributed by atoms with Crippen molar-refractivity contribution in [3.05, 3.63) is 76.0 Å². The molecular formula is C24H23N3O4. The Morgan fingerprint density at radius 2 is 1.77 bits per heavy atom. The third-order valence-electron chi connectivity index (χ3n) is 4.70. The van der Waals surface area contributed by atoms with Crippen LogP contribution in [0.15, 0.2) is 53.3 Å². The van der Waals surface area contributed by atoms with E-state index in [1.165, 1.54) is 4.57 Å². The van der Waals surface area contributed by atoms with Crippen molar-refractivity contribution < 1.29 is 14.7 Å². The molecule has 1 aromatic heterocycles. The number of hydrogen-bond donors (Lipinski definition) is 1. The van der Waals surface area contributed by atoms with Crippen molar-refractivity contribution in [1.82, 2.24) is 14.3 Å². The van der Waals surface area contributed by atoms with E-state index in [1.54, 1.807) is 24.3 Å². The van der Waals surface area contributed by atoms with E-state index in [4.69, 9.17) is 0 Å². The lowest BCUT2D eigenvalue weighted by atomic mass is 9.99. The number of aromatic carboxylic acids is 1. The van der Waals surface area contributed by atoms with Crippen molar-refractivity contribution in [2.45, 2.75) is 39.7 Å². The Kier molecular flexibility index (Phi) is 6.83. The lowest BCUT2D eigenvalue weighted by molar-refractivity contribution is 0.0697. The van der Waals surface area contributed by atoms with Gasteiger partial charge in [-0.1, -0.05) is 62.2 Å². The van der Waals surface area contributed by atoms with E-state index in [1.807, 2.05) is 38.1 Å². The van der Waals surface area contributed by atoms with Crippen LogP contribution in [0.1, 0.15) is 59.7 Å². The summed E-state index contributed by atoms with van der Waals surface area (Å²) in [6, 6.07) is 14.1. The quantitative estimate of drug-likeness (QED) is 0.618. The van der Waals surface area contributed by atoms with Gasteiger partial charge in [0, 0.05) is 12.8 Å². The van der Waals surface area contributed by atoms with E-state index in [9.17, 15) is 19.5 Å². The zero-order valence-electron chi connectivity index (χ0n) is 17.5. The number of carbonyl (C=O) groups excluding carboxylic acids is 1. The number of nitrogens with zero attached hydrogens (tertiary/aromatic N) is 3. The zero-order valence-corrected chi connectivity index (χ0v) is 17.5. The molecule has 31 heavy (non-hydrogen) atoms. The molecule has 0 saturated carbocycles. The third kappa shape index (κ3) is 4.81. The number of hydrogen-bond acceptors (Lipinski definition) is 4. The second-order valence-corrected chi connectivity index (χ2v) is 6.95. The highest BCUT2D eigenvalue weighted by Crippen LogP contribution is 2.24. The van der Waals surface area contributed by atoms with E-state index in [2.05, 4.69) is 16.9 Å². The van der Waals surface area contributed by atoms with Crippen LogP contribution in [0.5, 0.6) is 0 Å². The molecule has 0 aliphatic carbocycles. The van der Waals surface area contributed by atoms with E-state index in [0.717, 1.165) is 15.8 Å². The van der Waals surface area contributed by atoms with Gasteiger partial charge in [-0.3, -0.25) is 9.36 Å². The smallest absolute Gasteiger partial charge is 0.354 e. The molecule has 0 fully saturated rings. The van der Waals surface area contributed by atoms with Crippen LogP contribution in [-0.4, -0.2) is 31.3 Å². The van der Waals surface area contributed by atoms with Crippen molar-refractivity contribution in [2.75, 3.05) is 0 Å². The number of rotatable bonds is 6. The van der Waals surface area contributed by atoms with Crippen molar-refractivity contribution in [2.24, 2.45) is 0 Å². The summed E-state index contributed by atoms with van der Waals surface area (Å²) in [5.74, 6) is 4.66. The molecule has 2 aromatic carbocycles. The summed E-state index contributed by atoms with van der Waals surface area (Å²) in [4.78, 5) is 36.5. The molecule has 3 rings (SSSR count). The molecule has 1 heterocycles. The fourth-order valence-corrected chi connectivity index (χ4v) is 3.17. The van der Waals surface area contributed by atoms with E-state index in [0.29, 0.717) is 18.4 Å². The Hall–Kier alpha value is -3.92.